The lowest BCUT2D eigenvalue weighted by molar-refractivity contribution is -0.00000642. The Balaban J connectivity index is 0.00000180. The lowest BCUT2D eigenvalue weighted by Gasteiger charge is -2.04. The van der Waals surface area contributed by atoms with Crippen molar-refractivity contribution in [3.63, 3.8) is 0 Å². The van der Waals surface area contributed by atoms with Gasteiger partial charge >= 0.3 is 0 Å². The van der Waals surface area contributed by atoms with Gasteiger partial charge in [-0.2, -0.15) is 0 Å². The van der Waals surface area contributed by atoms with Crippen molar-refractivity contribution >= 4 is 15.9 Å². The number of aliphatic hydroxyl groups is 1. The fourth-order valence-electron chi connectivity index (χ4n) is 1.65. The summed E-state index contributed by atoms with van der Waals surface area (Å²) < 4.78 is 6.78. The summed E-state index contributed by atoms with van der Waals surface area (Å²) in [6.45, 7) is 2.94. The number of benzene rings is 1. The first-order valence-corrected chi connectivity index (χ1v) is 6.68. The Hall–Kier alpha value is -0.810. The van der Waals surface area contributed by atoms with E-state index in [0.29, 0.717) is 13.1 Å². The van der Waals surface area contributed by atoms with Crippen molar-refractivity contribution in [3.05, 3.63) is 46.6 Å². The molecule has 1 aromatic heterocycles. The van der Waals surface area contributed by atoms with Crippen LogP contribution in [0.15, 0.2) is 45.3 Å². The van der Waals surface area contributed by atoms with E-state index in [1.807, 2.05) is 36.4 Å². The molecule has 0 saturated carbocycles. The molecule has 0 amide bonds. The van der Waals surface area contributed by atoms with E-state index < -0.39 is 0 Å². The highest BCUT2D eigenvalue weighted by Crippen LogP contribution is 2.23. The van der Waals surface area contributed by atoms with Crippen molar-refractivity contribution in [3.8, 4) is 11.3 Å². The van der Waals surface area contributed by atoms with Crippen LogP contribution >= 0.6 is 15.9 Å². The van der Waals surface area contributed by atoms with E-state index in [4.69, 9.17) is 9.52 Å². The monoisotopic (exact) mass is 344 g/mol. The molecule has 2 N–H and O–H groups in total. The van der Waals surface area contributed by atoms with E-state index in [1.54, 1.807) is 6.92 Å². The van der Waals surface area contributed by atoms with Crippen LogP contribution in [0.1, 0.15) is 12.7 Å². The standard InChI is InChI=1S/C14H16BrNO2.ClH/c1-10(17)8-16-9-13-6-7-14(18-13)11-2-4-12(15)5-3-11;/h2-7,10,16-17H,8-9H2,1H3;1H/p-1. The molecule has 0 radical (unpaired) electrons. The van der Waals surface area contributed by atoms with Crippen LogP contribution in [0.2, 0.25) is 0 Å². The Kier molecular flexibility index (Phi) is 6.58. The zero-order chi connectivity index (χ0) is 13.0. The van der Waals surface area contributed by atoms with Gasteiger partial charge in [-0.25, -0.2) is 0 Å². The molecular formula is C14H16BrClNO2-. The molecule has 19 heavy (non-hydrogen) atoms. The van der Waals surface area contributed by atoms with Crippen LogP contribution in [0.3, 0.4) is 0 Å². The highest BCUT2D eigenvalue weighted by atomic mass is 79.9. The zero-order valence-electron chi connectivity index (χ0n) is 10.6. The van der Waals surface area contributed by atoms with Gasteiger partial charge in [0, 0.05) is 16.6 Å². The third-order valence-corrected chi connectivity index (χ3v) is 3.06. The summed E-state index contributed by atoms with van der Waals surface area (Å²) in [7, 11) is 0. The summed E-state index contributed by atoms with van der Waals surface area (Å²) >= 11 is 3.41. The topological polar surface area (TPSA) is 45.4 Å². The largest absolute Gasteiger partial charge is 1.00 e. The van der Waals surface area contributed by atoms with Crippen LogP contribution in [0.4, 0.5) is 0 Å². The van der Waals surface area contributed by atoms with Crippen molar-refractivity contribution in [2.24, 2.45) is 0 Å². The second-order valence-corrected chi connectivity index (χ2v) is 5.17. The van der Waals surface area contributed by atoms with E-state index in [-0.39, 0.29) is 18.5 Å². The molecule has 0 bridgehead atoms. The minimum atomic E-state index is -0.342. The minimum Gasteiger partial charge on any atom is -1.00 e. The van der Waals surface area contributed by atoms with E-state index in [1.165, 1.54) is 0 Å². The molecule has 0 saturated heterocycles. The van der Waals surface area contributed by atoms with Gasteiger partial charge in [0.2, 0.25) is 0 Å². The summed E-state index contributed by atoms with van der Waals surface area (Å²) in [6.07, 6.45) is -0.342. The third-order valence-electron chi connectivity index (χ3n) is 2.53. The van der Waals surface area contributed by atoms with Crippen LogP contribution in [0.25, 0.3) is 11.3 Å². The van der Waals surface area contributed by atoms with Crippen molar-refractivity contribution < 1.29 is 21.9 Å². The number of halogens is 2. The first kappa shape index (κ1) is 16.2. The fourth-order valence-corrected chi connectivity index (χ4v) is 1.91. The number of hydrogen-bond donors (Lipinski definition) is 2. The lowest BCUT2D eigenvalue weighted by atomic mass is 10.2. The molecule has 3 nitrogen and oxygen atoms in total. The molecule has 1 atom stereocenters. The highest BCUT2D eigenvalue weighted by molar-refractivity contribution is 9.10. The highest BCUT2D eigenvalue weighted by Gasteiger charge is 2.04. The number of aliphatic hydroxyl groups excluding tert-OH is 1. The minimum absolute atomic E-state index is 0. The van der Waals surface area contributed by atoms with Gasteiger partial charge in [0.05, 0.1) is 12.6 Å². The second kappa shape index (κ2) is 7.70. The maximum absolute atomic E-state index is 9.14. The fraction of sp³-hybridized carbons (Fsp3) is 0.286. The van der Waals surface area contributed by atoms with Crippen LogP contribution in [0, 0.1) is 0 Å². The summed E-state index contributed by atoms with van der Waals surface area (Å²) in [6, 6.07) is 11.9. The molecule has 2 aromatic rings. The van der Waals surface area contributed by atoms with Crippen LogP contribution < -0.4 is 17.7 Å². The molecular weight excluding hydrogens is 330 g/mol. The van der Waals surface area contributed by atoms with Crippen molar-refractivity contribution in [1.82, 2.24) is 5.32 Å². The van der Waals surface area contributed by atoms with Crippen molar-refractivity contribution in [1.29, 1.82) is 0 Å². The number of hydrogen-bond acceptors (Lipinski definition) is 3. The predicted octanol–water partition coefficient (Wildman–Crippen LogP) is 0.183. The van der Waals surface area contributed by atoms with Gasteiger partial charge in [-0.1, -0.05) is 28.1 Å². The Morgan fingerprint density at radius 2 is 1.89 bits per heavy atom. The molecule has 1 aromatic carbocycles. The summed E-state index contributed by atoms with van der Waals surface area (Å²) in [5.41, 5.74) is 1.06. The molecule has 0 aliphatic carbocycles. The molecule has 1 unspecified atom stereocenters. The SMILES string of the molecule is CC(O)CNCc1ccc(-c2ccc(Br)cc2)o1.[Cl-]. The quantitative estimate of drug-likeness (QED) is 0.813. The van der Waals surface area contributed by atoms with Crippen molar-refractivity contribution in [2.75, 3.05) is 6.54 Å². The second-order valence-electron chi connectivity index (χ2n) is 4.25. The number of rotatable bonds is 5. The Bertz CT molecular complexity index is 496. The molecule has 2 rings (SSSR count). The normalized spacial score (nSPS) is 11.9. The Morgan fingerprint density at radius 3 is 2.53 bits per heavy atom. The molecule has 104 valence electrons. The van der Waals surface area contributed by atoms with Gasteiger partial charge in [0.1, 0.15) is 11.5 Å². The maximum atomic E-state index is 9.14. The van der Waals surface area contributed by atoms with Crippen molar-refractivity contribution in [2.45, 2.75) is 19.6 Å². The molecule has 1 heterocycles. The predicted molar refractivity (Wildman–Crippen MR) is 75.2 cm³/mol. The van der Waals surface area contributed by atoms with Gasteiger partial charge in [-0.15, -0.1) is 0 Å². The summed E-state index contributed by atoms with van der Waals surface area (Å²) in [5, 5.41) is 12.3. The third kappa shape index (κ3) is 4.99. The Morgan fingerprint density at radius 1 is 1.21 bits per heavy atom. The van der Waals surface area contributed by atoms with Crippen LogP contribution in [-0.2, 0) is 6.54 Å². The van der Waals surface area contributed by atoms with Gasteiger partial charge in [0.25, 0.3) is 0 Å². The zero-order valence-corrected chi connectivity index (χ0v) is 12.9. The van der Waals surface area contributed by atoms with Gasteiger partial charge in [0.15, 0.2) is 0 Å². The molecule has 0 aliphatic heterocycles. The van der Waals surface area contributed by atoms with Gasteiger partial charge in [-0.3, -0.25) is 0 Å². The number of furan rings is 1. The van der Waals surface area contributed by atoms with E-state index in [0.717, 1.165) is 21.6 Å². The van der Waals surface area contributed by atoms with Crippen LogP contribution in [0.5, 0.6) is 0 Å². The first-order chi connectivity index (χ1) is 8.65. The maximum Gasteiger partial charge on any atom is 0.134 e. The molecule has 0 fully saturated rings. The molecule has 0 spiro atoms. The smallest absolute Gasteiger partial charge is 0.134 e. The molecule has 0 aliphatic rings. The van der Waals surface area contributed by atoms with E-state index >= 15 is 0 Å². The Labute approximate surface area is 127 Å². The average Bonchev–Trinajstić information content (AvgIpc) is 2.78. The number of nitrogens with one attached hydrogen (secondary N) is 1. The van der Waals surface area contributed by atoms with E-state index in [2.05, 4.69) is 21.2 Å². The van der Waals surface area contributed by atoms with Crippen LogP contribution in [-0.4, -0.2) is 17.8 Å². The average molecular weight is 346 g/mol. The van der Waals surface area contributed by atoms with E-state index in [9.17, 15) is 0 Å². The lowest BCUT2D eigenvalue weighted by Crippen LogP contribution is -3.00. The summed E-state index contributed by atoms with van der Waals surface area (Å²) in [5.74, 6) is 1.73. The summed E-state index contributed by atoms with van der Waals surface area (Å²) in [4.78, 5) is 0. The van der Waals surface area contributed by atoms with Gasteiger partial charge in [-0.05, 0) is 31.2 Å². The molecule has 5 heteroatoms. The first-order valence-electron chi connectivity index (χ1n) is 5.88. The van der Waals surface area contributed by atoms with Gasteiger partial charge < -0.3 is 27.2 Å².